The van der Waals surface area contributed by atoms with E-state index >= 15 is 0 Å². The molecule has 1 aromatic heterocycles. The van der Waals surface area contributed by atoms with E-state index in [9.17, 15) is 9.18 Å². The third kappa shape index (κ3) is 2.60. The lowest BCUT2D eigenvalue weighted by atomic mass is 10.3. The molecule has 6 heteroatoms. The van der Waals surface area contributed by atoms with Gasteiger partial charge in [-0.25, -0.2) is 14.2 Å². The summed E-state index contributed by atoms with van der Waals surface area (Å²) in [6.45, 7) is 0.0290. The fourth-order valence-corrected chi connectivity index (χ4v) is 1.26. The van der Waals surface area contributed by atoms with E-state index in [0.29, 0.717) is 5.69 Å². The van der Waals surface area contributed by atoms with Crippen molar-refractivity contribution in [3.63, 3.8) is 0 Å². The molecule has 1 aromatic carbocycles. The molecule has 2 aromatic rings. The van der Waals surface area contributed by atoms with Crippen LogP contribution in [0.25, 0.3) is 0 Å². The predicted molar refractivity (Wildman–Crippen MR) is 56.3 cm³/mol. The molecule has 0 aliphatic rings. The predicted octanol–water partition coefficient (Wildman–Crippen LogP) is 1.83. The maximum Gasteiger partial charge on any atom is 0.371 e. The van der Waals surface area contributed by atoms with Gasteiger partial charge < -0.3 is 14.8 Å². The van der Waals surface area contributed by atoms with Gasteiger partial charge in [-0.3, -0.25) is 0 Å². The third-order valence-electron chi connectivity index (χ3n) is 2.05. The molecule has 0 spiro atoms. The molecule has 0 saturated carbocycles. The van der Waals surface area contributed by atoms with Crippen LogP contribution in [0.3, 0.4) is 0 Å². The highest BCUT2D eigenvalue weighted by Gasteiger charge is 2.08. The maximum absolute atomic E-state index is 13.2. The van der Waals surface area contributed by atoms with Gasteiger partial charge in [-0.05, 0) is 12.1 Å². The van der Waals surface area contributed by atoms with Crippen molar-refractivity contribution in [1.82, 2.24) is 9.97 Å². The third-order valence-corrected chi connectivity index (χ3v) is 2.05. The molecule has 2 rings (SSSR count). The molecule has 0 atom stereocenters. The summed E-state index contributed by atoms with van der Waals surface area (Å²) in [5.41, 5.74) is 0.464. The molecule has 5 nitrogen and oxygen atoms in total. The first kappa shape index (κ1) is 11.1. The van der Waals surface area contributed by atoms with E-state index in [0.717, 1.165) is 0 Å². The zero-order chi connectivity index (χ0) is 12.3. The van der Waals surface area contributed by atoms with Gasteiger partial charge in [0.2, 0.25) is 5.82 Å². The second kappa shape index (κ2) is 4.65. The quantitative estimate of drug-likeness (QED) is 0.849. The van der Waals surface area contributed by atoms with Gasteiger partial charge in [0.25, 0.3) is 0 Å². The van der Waals surface area contributed by atoms with Crippen molar-refractivity contribution in [2.24, 2.45) is 0 Å². The first-order valence-electron chi connectivity index (χ1n) is 4.81. The van der Waals surface area contributed by atoms with Crippen LogP contribution in [0, 0.1) is 5.82 Å². The number of aromatic nitrogens is 2. The lowest BCUT2D eigenvalue weighted by Crippen LogP contribution is -2.01. The Hall–Kier alpha value is -2.37. The van der Waals surface area contributed by atoms with Crippen LogP contribution in [0.2, 0.25) is 0 Å². The van der Waals surface area contributed by atoms with Crippen LogP contribution >= 0.6 is 0 Å². The number of halogens is 1. The Bertz CT molecular complexity index is 539. The molecule has 0 fully saturated rings. The number of carboxylic acids is 1. The number of H-pyrrole nitrogens is 1. The largest absolute Gasteiger partial charge is 0.484 e. The highest BCUT2D eigenvalue weighted by molar-refractivity contribution is 5.83. The van der Waals surface area contributed by atoms with Crippen molar-refractivity contribution in [2.75, 3.05) is 0 Å². The molecule has 0 radical (unpaired) electrons. The molecule has 0 bridgehead atoms. The molecule has 0 amide bonds. The molecule has 0 aliphatic heterocycles. The number of carbonyl (C=O) groups is 1. The van der Waals surface area contributed by atoms with Crippen LogP contribution in [0.15, 0.2) is 30.5 Å². The van der Waals surface area contributed by atoms with Crippen molar-refractivity contribution in [2.45, 2.75) is 6.61 Å². The van der Waals surface area contributed by atoms with Gasteiger partial charge in [0.1, 0.15) is 6.61 Å². The van der Waals surface area contributed by atoms with Crippen LogP contribution in [-0.2, 0) is 6.61 Å². The Morgan fingerprint density at radius 3 is 2.88 bits per heavy atom. The maximum atomic E-state index is 13.2. The lowest BCUT2D eigenvalue weighted by molar-refractivity contribution is 0.0684. The summed E-state index contributed by atoms with van der Waals surface area (Å²) in [5, 5.41) is 8.63. The van der Waals surface area contributed by atoms with Crippen LogP contribution in [0.1, 0.15) is 16.3 Å². The fraction of sp³-hybridized carbons (Fsp3) is 0.0909. The van der Waals surface area contributed by atoms with Crippen LogP contribution < -0.4 is 4.74 Å². The van der Waals surface area contributed by atoms with E-state index in [1.165, 1.54) is 18.3 Å². The van der Waals surface area contributed by atoms with Gasteiger partial charge in [0.05, 0.1) is 11.9 Å². The van der Waals surface area contributed by atoms with E-state index in [4.69, 9.17) is 9.84 Å². The highest BCUT2D eigenvalue weighted by atomic mass is 19.1. The number of hydrogen-bond donors (Lipinski definition) is 2. The Kier molecular flexibility index (Phi) is 3.04. The van der Waals surface area contributed by atoms with Crippen molar-refractivity contribution < 1.29 is 19.0 Å². The second-order valence-corrected chi connectivity index (χ2v) is 3.28. The summed E-state index contributed by atoms with van der Waals surface area (Å²) in [5.74, 6) is -1.68. The second-order valence-electron chi connectivity index (χ2n) is 3.28. The SMILES string of the molecule is O=C(O)c1ncc(COc2ccccc2F)[nH]1. The van der Waals surface area contributed by atoms with Crippen molar-refractivity contribution >= 4 is 5.97 Å². The number of ether oxygens (including phenoxy) is 1. The van der Waals surface area contributed by atoms with Gasteiger partial charge in [-0.2, -0.15) is 0 Å². The van der Waals surface area contributed by atoms with E-state index in [-0.39, 0.29) is 18.2 Å². The molecule has 0 aliphatic carbocycles. The van der Waals surface area contributed by atoms with Crippen LogP contribution in [-0.4, -0.2) is 21.0 Å². The smallest absolute Gasteiger partial charge is 0.371 e. The number of aromatic amines is 1. The molecule has 0 unspecified atom stereocenters. The summed E-state index contributed by atoms with van der Waals surface area (Å²) in [4.78, 5) is 16.7. The van der Waals surface area contributed by atoms with Crippen molar-refractivity contribution in [3.05, 3.63) is 47.8 Å². The first-order chi connectivity index (χ1) is 8.16. The number of carboxylic acid groups (broad SMARTS) is 1. The van der Waals surface area contributed by atoms with Gasteiger partial charge in [0, 0.05) is 0 Å². The fourth-order valence-electron chi connectivity index (χ4n) is 1.26. The molecule has 2 N–H and O–H groups in total. The summed E-state index contributed by atoms with van der Waals surface area (Å²) in [6.07, 6.45) is 1.34. The zero-order valence-corrected chi connectivity index (χ0v) is 8.68. The minimum atomic E-state index is -1.15. The number of imidazole rings is 1. The van der Waals surface area contributed by atoms with Crippen molar-refractivity contribution in [3.8, 4) is 5.75 Å². The summed E-state index contributed by atoms with van der Waals surface area (Å²) < 4.78 is 18.4. The van der Waals surface area contributed by atoms with E-state index in [1.54, 1.807) is 12.1 Å². The number of rotatable bonds is 4. The average Bonchev–Trinajstić information content (AvgIpc) is 2.77. The summed E-state index contributed by atoms with van der Waals surface area (Å²) >= 11 is 0. The average molecular weight is 236 g/mol. The number of para-hydroxylation sites is 1. The van der Waals surface area contributed by atoms with Gasteiger partial charge in [0.15, 0.2) is 11.6 Å². The van der Waals surface area contributed by atoms with E-state index in [1.807, 2.05) is 0 Å². The van der Waals surface area contributed by atoms with Gasteiger partial charge in [-0.1, -0.05) is 12.1 Å². The van der Waals surface area contributed by atoms with E-state index in [2.05, 4.69) is 9.97 Å². The zero-order valence-electron chi connectivity index (χ0n) is 8.68. The minimum absolute atomic E-state index is 0.0290. The summed E-state index contributed by atoms with van der Waals surface area (Å²) in [6, 6.07) is 5.98. The first-order valence-corrected chi connectivity index (χ1v) is 4.81. The molecular formula is C11H9FN2O3. The number of benzene rings is 1. The minimum Gasteiger partial charge on any atom is -0.484 e. The van der Waals surface area contributed by atoms with Crippen LogP contribution in [0.5, 0.6) is 5.75 Å². The Labute approximate surface area is 95.9 Å². The van der Waals surface area contributed by atoms with Gasteiger partial charge >= 0.3 is 5.97 Å². The molecule has 88 valence electrons. The number of nitrogens with one attached hydrogen (secondary N) is 1. The molecule has 17 heavy (non-hydrogen) atoms. The Morgan fingerprint density at radius 2 is 2.24 bits per heavy atom. The van der Waals surface area contributed by atoms with Crippen LogP contribution in [0.4, 0.5) is 4.39 Å². The lowest BCUT2D eigenvalue weighted by Gasteiger charge is -2.04. The molecular weight excluding hydrogens is 227 g/mol. The van der Waals surface area contributed by atoms with Crippen molar-refractivity contribution in [1.29, 1.82) is 0 Å². The monoisotopic (exact) mass is 236 g/mol. The standard InChI is InChI=1S/C11H9FN2O3/c12-8-3-1-2-4-9(8)17-6-7-5-13-10(14-7)11(15)16/h1-5H,6H2,(H,13,14)(H,15,16). The topological polar surface area (TPSA) is 75.2 Å². The van der Waals surface area contributed by atoms with E-state index < -0.39 is 11.8 Å². The normalized spacial score (nSPS) is 10.2. The molecule has 0 saturated heterocycles. The summed E-state index contributed by atoms with van der Waals surface area (Å²) in [7, 11) is 0. The van der Waals surface area contributed by atoms with Gasteiger partial charge in [-0.15, -0.1) is 0 Å². The molecule has 1 heterocycles. The Morgan fingerprint density at radius 1 is 1.47 bits per heavy atom. The number of nitrogens with zero attached hydrogens (tertiary/aromatic N) is 1. The number of aromatic carboxylic acids is 1. The Balaban J connectivity index is 2.02. The highest BCUT2D eigenvalue weighted by Crippen LogP contribution is 2.16. The number of hydrogen-bond acceptors (Lipinski definition) is 3.